The van der Waals surface area contributed by atoms with Crippen LogP contribution >= 0.6 is 0 Å². The predicted octanol–water partition coefficient (Wildman–Crippen LogP) is 6.56. The van der Waals surface area contributed by atoms with E-state index in [1.807, 2.05) is 6.92 Å². The van der Waals surface area contributed by atoms with Gasteiger partial charge in [-0.15, -0.1) is 11.8 Å². The minimum atomic E-state index is -1.85. The molecule has 0 spiro atoms. The van der Waals surface area contributed by atoms with Crippen LogP contribution in [0.2, 0.25) is 16.6 Å². The molecule has 0 aromatic heterocycles. The highest BCUT2D eigenvalue weighted by Crippen LogP contribution is 2.44. The van der Waals surface area contributed by atoms with Gasteiger partial charge in [-0.3, -0.25) is 0 Å². The van der Waals surface area contributed by atoms with Gasteiger partial charge in [0.15, 0.2) is 0 Å². The highest BCUT2D eigenvalue weighted by Gasteiger charge is 2.46. The molecule has 22 heavy (non-hydrogen) atoms. The van der Waals surface area contributed by atoms with Crippen LogP contribution in [0.25, 0.3) is 0 Å². The van der Waals surface area contributed by atoms with E-state index in [-0.39, 0.29) is 6.10 Å². The molecule has 0 amide bonds. The van der Waals surface area contributed by atoms with Crippen LogP contribution in [0.4, 0.5) is 0 Å². The van der Waals surface area contributed by atoms with Crippen molar-refractivity contribution < 1.29 is 4.43 Å². The quantitative estimate of drug-likeness (QED) is 0.265. The normalized spacial score (nSPS) is 14.9. The minimum Gasteiger partial charge on any atom is -0.409 e. The molecular formula is C20H38OSi. The lowest BCUT2D eigenvalue weighted by molar-refractivity contribution is 0.178. The molecule has 0 fully saturated rings. The van der Waals surface area contributed by atoms with E-state index in [2.05, 4.69) is 73.8 Å². The maximum atomic E-state index is 6.93. The van der Waals surface area contributed by atoms with Gasteiger partial charge in [0.2, 0.25) is 8.32 Å². The molecule has 0 unspecified atom stereocenters. The van der Waals surface area contributed by atoms with E-state index in [1.54, 1.807) is 0 Å². The standard InChI is InChI=1S/C20H38OSi/c1-11-12-13-19(10)14-20(15(2)3)21-22(16(4)5,17(6)7)18(8)9/h16-20H,2,13-14H2,1,3-10H3/t19-,20+/m1/s1. The van der Waals surface area contributed by atoms with Crippen LogP contribution in [0.3, 0.4) is 0 Å². The Kier molecular flexibility index (Phi) is 9.35. The molecule has 2 atom stereocenters. The highest BCUT2D eigenvalue weighted by molar-refractivity contribution is 6.77. The zero-order valence-electron chi connectivity index (χ0n) is 16.4. The fraction of sp³-hybridized carbons (Fsp3) is 0.800. The third-order valence-electron chi connectivity index (χ3n) is 4.85. The van der Waals surface area contributed by atoms with Gasteiger partial charge in [-0.1, -0.05) is 60.6 Å². The summed E-state index contributed by atoms with van der Waals surface area (Å²) in [4.78, 5) is 0. The van der Waals surface area contributed by atoms with Gasteiger partial charge in [-0.25, -0.2) is 0 Å². The van der Waals surface area contributed by atoms with Gasteiger partial charge in [0.1, 0.15) is 0 Å². The van der Waals surface area contributed by atoms with E-state index in [9.17, 15) is 0 Å². The summed E-state index contributed by atoms with van der Waals surface area (Å²) in [5.74, 6) is 6.75. The van der Waals surface area contributed by atoms with Crippen LogP contribution < -0.4 is 0 Å². The molecule has 2 heteroatoms. The molecule has 0 aliphatic carbocycles. The van der Waals surface area contributed by atoms with Crippen molar-refractivity contribution >= 4 is 8.32 Å². The molecule has 0 aliphatic rings. The maximum Gasteiger partial charge on any atom is 0.201 e. The molecule has 1 nitrogen and oxygen atoms in total. The molecule has 128 valence electrons. The van der Waals surface area contributed by atoms with Crippen LogP contribution in [-0.4, -0.2) is 14.4 Å². The van der Waals surface area contributed by atoms with Crippen molar-refractivity contribution in [2.24, 2.45) is 5.92 Å². The smallest absolute Gasteiger partial charge is 0.201 e. The Morgan fingerprint density at radius 1 is 1.00 bits per heavy atom. The summed E-state index contributed by atoms with van der Waals surface area (Å²) in [6.45, 7) is 24.6. The highest BCUT2D eigenvalue weighted by atomic mass is 28.4. The zero-order valence-corrected chi connectivity index (χ0v) is 17.4. The molecular weight excluding hydrogens is 284 g/mol. The second kappa shape index (κ2) is 9.58. The Bertz CT molecular complexity index is 376. The Morgan fingerprint density at radius 2 is 1.45 bits per heavy atom. The van der Waals surface area contributed by atoms with E-state index in [0.29, 0.717) is 22.5 Å². The maximum absolute atomic E-state index is 6.93. The first kappa shape index (κ1) is 21.5. The average Bonchev–Trinajstić information content (AvgIpc) is 2.39. The molecule has 0 aliphatic heterocycles. The SMILES string of the molecule is C=C(C)[C@H](C[C@H](C)CC#CC)O[Si](C(C)C)(C(C)C)C(C)C. The monoisotopic (exact) mass is 322 g/mol. The Labute approximate surface area is 141 Å². The van der Waals surface area contributed by atoms with Gasteiger partial charge in [0.25, 0.3) is 0 Å². The Balaban J connectivity index is 5.31. The van der Waals surface area contributed by atoms with Crippen molar-refractivity contribution in [3.8, 4) is 11.8 Å². The largest absolute Gasteiger partial charge is 0.409 e. The zero-order chi connectivity index (χ0) is 17.5. The summed E-state index contributed by atoms with van der Waals surface area (Å²) < 4.78 is 6.93. The first-order valence-corrected chi connectivity index (χ1v) is 11.0. The second-order valence-corrected chi connectivity index (χ2v) is 13.1. The van der Waals surface area contributed by atoms with Crippen molar-refractivity contribution in [3.63, 3.8) is 0 Å². The molecule has 0 saturated carbocycles. The van der Waals surface area contributed by atoms with Crippen molar-refractivity contribution in [2.45, 2.75) is 97.9 Å². The molecule has 0 radical (unpaired) electrons. The average molecular weight is 323 g/mol. The fourth-order valence-electron chi connectivity index (χ4n) is 3.73. The lowest BCUT2D eigenvalue weighted by Crippen LogP contribution is -2.50. The van der Waals surface area contributed by atoms with Crippen LogP contribution in [0.5, 0.6) is 0 Å². The third-order valence-corrected chi connectivity index (χ3v) is 11.0. The third kappa shape index (κ3) is 5.59. The van der Waals surface area contributed by atoms with Crippen molar-refractivity contribution in [1.82, 2.24) is 0 Å². The molecule has 0 aromatic rings. The van der Waals surface area contributed by atoms with E-state index < -0.39 is 8.32 Å². The topological polar surface area (TPSA) is 9.23 Å². The molecule has 0 saturated heterocycles. The molecule has 0 heterocycles. The Hall–Kier alpha value is -0.523. The van der Waals surface area contributed by atoms with Gasteiger partial charge in [0.05, 0.1) is 6.10 Å². The molecule has 0 rings (SSSR count). The van der Waals surface area contributed by atoms with Gasteiger partial charge in [-0.2, -0.15) is 0 Å². The minimum absolute atomic E-state index is 0.174. The van der Waals surface area contributed by atoms with E-state index in [0.717, 1.165) is 18.4 Å². The van der Waals surface area contributed by atoms with Crippen LogP contribution in [0.15, 0.2) is 12.2 Å². The van der Waals surface area contributed by atoms with Gasteiger partial charge in [0, 0.05) is 6.42 Å². The van der Waals surface area contributed by atoms with E-state index in [1.165, 1.54) is 0 Å². The van der Waals surface area contributed by atoms with Crippen LogP contribution in [0.1, 0.15) is 75.2 Å². The van der Waals surface area contributed by atoms with Crippen LogP contribution in [-0.2, 0) is 4.43 Å². The summed E-state index contributed by atoms with van der Waals surface area (Å²) in [5.41, 5.74) is 3.00. The van der Waals surface area contributed by atoms with E-state index >= 15 is 0 Å². The van der Waals surface area contributed by atoms with Gasteiger partial charge >= 0.3 is 0 Å². The van der Waals surface area contributed by atoms with Crippen molar-refractivity contribution in [1.29, 1.82) is 0 Å². The first-order chi connectivity index (χ1) is 10.1. The van der Waals surface area contributed by atoms with Crippen LogP contribution in [0, 0.1) is 17.8 Å². The van der Waals surface area contributed by atoms with Crippen molar-refractivity contribution in [2.75, 3.05) is 0 Å². The number of hydrogen-bond donors (Lipinski definition) is 0. The number of rotatable bonds is 9. The summed E-state index contributed by atoms with van der Waals surface area (Å²) in [6, 6.07) is 0. The number of hydrogen-bond acceptors (Lipinski definition) is 1. The van der Waals surface area contributed by atoms with E-state index in [4.69, 9.17) is 4.43 Å². The van der Waals surface area contributed by atoms with Crippen molar-refractivity contribution in [3.05, 3.63) is 12.2 Å². The summed E-state index contributed by atoms with van der Waals surface area (Å²) in [7, 11) is -1.85. The summed E-state index contributed by atoms with van der Waals surface area (Å²) in [5, 5.41) is 0. The summed E-state index contributed by atoms with van der Waals surface area (Å²) in [6.07, 6.45) is 2.15. The fourth-order valence-corrected chi connectivity index (χ4v) is 9.34. The summed E-state index contributed by atoms with van der Waals surface area (Å²) >= 11 is 0. The molecule has 0 bridgehead atoms. The molecule has 0 aromatic carbocycles. The van der Waals surface area contributed by atoms with Gasteiger partial charge in [-0.05, 0) is 42.8 Å². The lowest BCUT2D eigenvalue weighted by Gasteiger charge is -2.45. The molecule has 0 N–H and O–H groups in total. The Morgan fingerprint density at radius 3 is 1.77 bits per heavy atom. The lowest BCUT2D eigenvalue weighted by atomic mass is 9.97. The van der Waals surface area contributed by atoms with Gasteiger partial charge < -0.3 is 4.43 Å². The predicted molar refractivity (Wildman–Crippen MR) is 103 cm³/mol. The second-order valence-electron chi connectivity index (χ2n) is 7.74. The first-order valence-electron chi connectivity index (χ1n) is 8.82.